The first kappa shape index (κ1) is 14.2. The molecule has 0 fully saturated rings. The van der Waals surface area contributed by atoms with Crippen molar-refractivity contribution in [3.05, 3.63) is 47.4 Å². The van der Waals surface area contributed by atoms with Gasteiger partial charge in [-0.05, 0) is 30.7 Å². The number of aromatic nitrogens is 1. The maximum atomic E-state index is 11.8. The van der Waals surface area contributed by atoms with Gasteiger partial charge in [-0.15, -0.1) is 0 Å². The van der Waals surface area contributed by atoms with Crippen molar-refractivity contribution in [2.24, 2.45) is 0 Å². The molecule has 0 spiro atoms. The zero-order chi connectivity index (χ0) is 15.4. The van der Waals surface area contributed by atoms with Crippen LogP contribution >= 0.6 is 0 Å². The fraction of sp³-hybridized carbons (Fsp3) is 0.250. The molecule has 1 aromatic carbocycles. The Morgan fingerprint density at radius 1 is 1.27 bits per heavy atom. The number of hydrogen-bond acceptors (Lipinski definition) is 5. The second-order valence-corrected chi connectivity index (χ2v) is 4.89. The summed E-state index contributed by atoms with van der Waals surface area (Å²) < 4.78 is 16.0. The van der Waals surface area contributed by atoms with Crippen molar-refractivity contribution in [1.82, 2.24) is 10.5 Å². The maximum absolute atomic E-state index is 11.8. The third-order valence-electron chi connectivity index (χ3n) is 3.11. The van der Waals surface area contributed by atoms with Crippen LogP contribution in [0.3, 0.4) is 0 Å². The number of hydrogen-bond donors (Lipinski definition) is 1. The maximum Gasteiger partial charge on any atom is 0.244 e. The first-order valence-corrected chi connectivity index (χ1v) is 6.98. The van der Waals surface area contributed by atoms with Crippen LogP contribution in [0, 0.1) is 6.92 Å². The first-order valence-electron chi connectivity index (χ1n) is 6.98. The zero-order valence-corrected chi connectivity index (χ0v) is 12.2. The van der Waals surface area contributed by atoms with E-state index in [1.165, 1.54) is 6.08 Å². The third kappa shape index (κ3) is 3.46. The molecule has 3 rings (SSSR count). The zero-order valence-electron chi connectivity index (χ0n) is 12.2. The fourth-order valence-electron chi connectivity index (χ4n) is 2.07. The molecule has 0 unspecified atom stereocenters. The van der Waals surface area contributed by atoms with Gasteiger partial charge in [0.05, 0.1) is 12.2 Å². The van der Waals surface area contributed by atoms with Crippen LogP contribution in [-0.4, -0.2) is 24.3 Å². The molecule has 2 heterocycles. The highest BCUT2D eigenvalue weighted by Gasteiger charge is 2.10. The normalized spacial score (nSPS) is 13.3. The molecule has 114 valence electrons. The number of benzene rings is 1. The monoisotopic (exact) mass is 300 g/mol. The average molecular weight is 300 g/mol. The topological polar surface area (TPSA) is 73.6 Å². The number of rotatable bonds is 4. The molecule has 6 heteroatoms. The number of carbonyl (C=O) groups is 1. The molecule has 0 saturated carbocycles. The van der Waals surface area contributed by atoms with Gasteiger partial charge < -0.3 is 19.3 Å². The lowest BCUT2D eigenvalue weighted by atomic mass is 10.2. The number of fused-ring (bicyclic) bond motifs is 1. The SMILES string of the molecule is Cc1cc(CNC(=O)C=Cc2ccc3c(c2)OCCO3)on1. The Morgan fingerprint density at radius 2 is 2.09 bits per heavy atom. The Kier molecular flexibility index (Phi) is 4.09. The summed E-state index contributed by atoms with van der Waals surface area (Å²) in [6, 6.07) is 7.34. The van der Waals surface area contributed by atoms with Gasteiger partial charge >= 0.3 is 0 Å². The molecule has 0 radical (unpaired) electrons. The van der Waals surface area contributed by atoms with Gasteiger partial charge in [0.15, 0.2) is 17.3 Å². The van der Waals surface area contributed by atoms with Gasteiger partial charge in [-0.1, -0.05) is 11.2 Å². The van der Waals surface area contributed by atoms with Gasteiger partial charge in [-0.25, -0.2) is 0 Å². The molecule has 1 N–H and O–H groups in total. The Labute approximate surface area is 127 Å². The highest BCUT2D eigenvalue weighted by Crippen LogP contribution is 2.31. The predicted octanol–water partition coefficient (Wildman–Crippen LogP) is 2.08. The lowest BCUT2D eigenvalue weighted by molar-refractivity contribution is -0.116. The second-order valence-electron chi connectivity index (χ2n) is 4.89. The minimum absolute atomic E-state index is 0.205. The number of amides is 1. The molecule has 1 aromatic heterocycles. The summed E-state index contributed by atoms with van der Waals surface area (Å²) in [6.45, 7) is 3.24. The highest BCUT2D eigenvalue weighted by molar-refractivity contribution is 5.91. The molecule has 1 aliphatic heterocycles. The lowest BCUT2D eigenvalue weighted by Gasteiger charge is -2.18. The van der Waals surface area contributed by atoms with Gasteiger partial charge in [0.1, 0.15) is 13.2 Å². The molecule has 1 aliphatic rings. The summed E-state index contributed by atoms with van der Waals surface area (Å²) in [5.41, 5.74) is 1.66. The van der Waals surface area contributed by atoms with Crippen molar-refractivity contribution >= 4 is 12.0 Å². The van der Waals surface area contributed by atoms with Crippen LogP contribution in [0.2, 0.25) is 0 Å². The predicted molar refractivity (Wildman–Crippen MR) is 79.6 cm³/mol. The average Bonchev–Trinajstić information content (AvgIpc) is 2.96. The van der Waals surface area contributed by atoms with E-state index in [0.717, 1.165) is 17.0 Å². The fourth-order valence-corrected chi connectivity index (χ4v) is 2.07. The van der Waals surface area contributed by atoms with Crippen molar-refractivity contribution < 1.29 is 18.8 Å². The molecule has 0 bridgehead atoms. The molecule has 2 aromatic rings. The minimum Gasteiger partial charge on any atom is -0.486 e. The lowest BCUT2D eigenvalue weighted by Crippen LogP contribution is -2.19. The van der Waals surface area contributed by atoms with Crippen molar-refractivity contribution in [2.45, 2.75) is 13.5 Å². The van der Waals surface area contributed by atoms with Crippen molar-refractivity contribution in [1.29, 1.82) is 0 Å². The van der Waals surface area contributed by atoms with E-state index in [2.05, 4.69) is 10.5 Å². The molecular weight excluding hydrogens is 284 g/mol. The number of ether oxygens (including phenoxy) is 2. The van der Waals surface area contributed by atoms with Gasteiger partial charge in [-0.3, -0.25) is 4.79 Å². The molecule has 0 aliphatic carbocycles. The summed E-state index contributed by atoms with van der Waals surface area (Å²) in [7, 11) is 0. The Balaban J connectivity index is 1.57. The van der Waals surface area contributed by atoms with Crippen LogP contribution in [0.15, 0.2) is 34.9 Å². The number of nitrogens with one attached hydrogen (secondary N) is 1. The van der Waals surface area contributed by atoms with E-state index in [-0.39, 0.29) is 5.91 Å². The quantitative estimate of drug-likeness (QED) is 0.875. The third-order valence-corrected chi connectivity index (χ3v) is 3.11. The Bertz CT molecular complexity index is 706. The van der Waals surface area contributed by atoms with Gasteiger partial charge in [0.25, 0.3) is 0 Å². The van der Waals surface area contributed by atoms with Crippen molar-refractivity contribution in [3.63, 3.8) is 0 Å². The van der Waals surface area contributed by atoms with Crippen LogP contribution < -0.4 is 14.8 Å². The standard InChI is InChI=1S/C16H16N2O4/c1-11-8-13(22-18-11)10-17-16(19)5-3-12-2-4-14-15(9-12)21-7-6-20-14/h2-5,8-9H,6-7,10H2,1H3,(H,17,19). The van der Waals surface area contributed by atoms with E-state index in [1.54, 1.807) is 12.1 Å². The molecule has 22 heavy (non-hydrogen) atoms. The van der Waals surface area contributed by atoms with Crippen molar-refractivity contribution in [3.8, 4) is 11.5 Å². The largest absolute Gasteiger partial charge is 0.486 e. The van der Waals surface area contributed by atoms with E-state index in [4.69, 9.17) is 14.0 Å². The molecule has 1 amide bonds. The second kappa shape index (κ2) is 6.34. The van der Waals surface area contributed by atoms with E-state index in [9.17, 15) is 4.79 Å². The summed E-state index contributed by atoms with van der Waals surface area (Å²) in [5, 5.41) is 6.49. The molecule has 0 atom stereocenters. The minimum atomic E-state index is -0.205. The van der Waals surface area contributed by atoms with E-state index in [1.807, 2.05) is 25.1 Å². The Morgan fingerprint density at radius 3 is 2.86 bits per heavy atom. The summed E-state index contributed by atoms with van der Waals surface area (Å²) >= 11 is 0. The summed E-state index contributed by atoms with van der Waals surface area (Å²) in [4.78, 5) is 11.8. The van der Waals surface area contributed by atoms with Crippen LogP contribution in [-0.2, 0) is 11.3 Å². The molecule has 6 nitrogen and oxygen atoms in total. The van der Waals surface area contributed by atoms with E-state index in [0.29, 0.717) is 31.3 Å². The van der Waals surface area contributed by atoms with Gasteiger partial charge in [-0.2, -0.15) is 0 Å². The first-order chi connectivity index (χ1) is 10.7. The van der Waals surface area contributed by atoms with Crippen LogP contribution in [0.1, 0.15) is 17.0 Å². The van der Waals surface area contributed by atoms with Crippen LogP contribution in [0.4, 0.5) is 0 Å². The smallest absolute Gasteiger partial charge is 0.244 e. The molecule has 0 saturated heterocycles. The van der Waals surface area contributed by atoms with E-state index < -0.39 is 0 Å². The highest BCUT2D eigenvalue weighted by atomic mass is 16.6. The summed E-state index contributed by atoms with van der Waals surface area (Å²) in [5.74, 6) is 1.85. The van der Waals surface area contributed by atoms with Gasteiger partial charge in [0.2, 0.25) is 5.91 Å². The van der Waals surface area contributed by atoms with Crippen molar-refractivity contribution in [2.75, 3.05) is 13.2 Å². The number of nitrogens with zero attached hydrogens (tertiary/aromatic N) is 1. The van der Waals surface area contributed by atoms with E-state index >= 15 is 0 Å². The van der Waals surface area contributed by atoms with Gasteiger partial charge in [0, 0.05) is 12.1 Å². The number of aryl methyl sites for hydroxylation is 1. The number of carbonyl (C=O) groups excluding carboxylic acids is 1. The Hall–Kier alpha value is -2.76. The summed E-state index contributed by atoms with van der Waals surface area (Å²) in [6.07, 6.45) is 3.19. The van der Waals surface area contributed by atoms with Crippen LogP contribution in [0.5, 0.6) is 11.5 Å². The molecular formula is C16H16N2O4. The van der Waals surface area contributed by atoms with Crippen LogP contribution in [0.25, 0.3) is 6.08 Å².